The van der Waals surface area contributed by atoms with E-state index in [4.69, 9.17) is 0 Å². The summed E-state index contributed by atoms with van der Waals surface area (Å²) in [6, 6.07) is 15.4. The number of halogens is 1. The van der Waals surface area contributed by atoms with Crippen molar-refractivity contribution in [3.8, 4) is 0 Å². The summed E-state index contributed by atoms with van der Waals surface area (Å²) in [7, 11) is 0. The van der Waals surface area contributed by atoms with Gasteiger partial charge in [-0.1, -0.05) is 36.0 Å². The largest absolute Gasteiger partial charge is 0.321 e. The van der Waals surface area contributed by atoms with Crippen molar-refractivity contribution in [3.63, 3.8) is 0 Å². The summed E-state index contributed by atoms with van der Waals surface area (Å²) in [5, 5.41) is 8.15. The smallest absolute Gasteiger partial charge is 0.256 e. The first-order valence-corrected chi connectivity index (χ1v) is 11.2. The minimum absolute atomic E-state index is 0.146. The summed E-state index contributed by atoms with van der Waals surface area (Å²) in [5.41, 5.74) is 5.31. The van der Waals surface area contributed by atoms with Gasteiger partial charge in [0.25, 0.3) is 11.7 Å². The first-order valence-electron chi connectivity index (χ1n) is 9.40. The Hall–Kier alpha value is -2.71. The van der Waals surface area contributed by atoms with E-state index in [-0.39, 0.29) is 5.91 Å². The Morgan fingerprint density at radius 2 is 1.90 bits per heavy atom. The van der Waals surface area contributed by atoms with Crippen LogP contribution in [-0.2, 0) is 5.75 Å². The van der Waals surface area contributed by atoms with Gasteiger partial charge in [0.2, 0.25) is 5.16 Å². The Labute approximate surface area is 187 Å². The summed E-state index contributed by atoms with van der Waals surface area (Å²) >= 11 is 5.00. The Bertz CT molecular complexity index is 1250. The minimum Gasteiger partial charge on any atom is -0.321 e. The second-order valence-corrected chi connectivity index (χ2v) is 8.83. The van der Waals surface area contributed by atoms with Crippen molar-refractivity contribution >= 4 is 45.1 Å². The molecule has 1 N–H and O–H groups in total. The summed E-state index contributed by atoms with van der Waals surface area (Å²) in [6.45, 7) is 5.93. The van der Waals surface area contributed by atoms with Crippen molar-refractivity contribution in [1.82, 2.24) is 19.6 Å². The molecule has 0 aliphatic rings. The number of nitrogens with one attached hydrogen (secondary N) is 1. The highest BCUT2D eigenvalue weighted by molar-refractivity contribution is 9.10. The van der Waals surface area contributed by atoms with Gasteiger partial charge in [-0.2, -0.15) is 4.98 Å². The molecule has 2 aromatic carbocycles. The molecule has 1 amide bonds. The molecule has 4 aromatic rings. The van der Waals surface area contributed by atoms with Crippen LogP contribution in [0, 0.1) is 20.8 Å². The Morgan fingerprint density at radius 1 is 1.10 bits per heavy atom. The molecule has 2 heterocycles. The zero-order chi connectivity index (χ0) is 21.3. The van der Waals surface area contributed by atoms with Gasteiger partial charge in [-0.3, -0.25) is 4.79 Å². The molecule has 0 radical (unpaired) electrons. The van der Waals surface area contributed by atoms with E-state index in [1.54, 1.807) is 4.52 Å². The van der Waals surface area contributed by atoms with Crippen molar-refractivity contribution in [2.24, 2.45) is 0 Å². The number of amides is 1. The van der Waals surface area contributed by atoms with E-state index in [2.05, 4.69) is 36.3 Å². The number of carbonyl (C=O) groups excluding carboxylic acids is 1. The molecule has 0 aliphatic carbocycles. The van der Waals surface area contributed by atoms with Gasteiger partial charge >= 0.3 is 0 Å². The Morgan fingerprint density at radius 3 is 2.70 bits per heavy atom. The molecule has 0 saturated carbocycles. The first-order chi connectivity index (χ1) is 14.4. The van der Waals surface area contributed by atoms with Gasteiger partial charge in [0, 0.05) is 27.2 Å². The number of benzene rings is 2. The van der Waals surface area contributed by atoms with Gasteiger partial charge in [0.1, 0.15) is 0 Å². The zero-order valence-electron chi connectivity index (χ0n) is 16.8. The number of fused-ring (bicyclic) bond motifs is 1. The van der Waals surface area contributed by atoms with E-state index >= 15 is 0 Å². The zero-order valence-corrected chi connectivity index (χ0v) is 19.2. The van der Waals surface area contributed by atoms with Gasteiger partial charge in [-0.05, 0) is 72.1 Å². The average molecular weight is 482 g/mol. The molecule has 0 atom stereocenters. The quantitative estimate of drug-likeness (QED) is 0.388. The molecule has 0 aliphatic heterocycles. The maximum Gasteiger partial charge on any atom is 0.256 e. The molecule has 4 rings (SSSR count). The molecule has 152 valence electrons. The molecular formula is C22H20BrN5OS. The van der Waals surface area contributed by atoms with Crippen molar-refractivity contribution in [2.45, 2.75) is 31.7 Å². The Balaban J connectivity index is 1.53. The molecule has 0 spiro atoms. The summed E-state index contributed by atoms with van der Waals surface area (Å²) in [4.78, 5) is 21.9. The van der Waals surface area contributed by atoms with E-state index < -0.39 is 0 Å². The van der Waals surface area contributed by atoms with Crippen LogP contribution in [0.1, 0.15) is 32.9 Å². The summed E-state index contributed by atoms with van der Waals surface area (Å²) < 4.78 is 2.60. The van der Waals surface area contributed by atoms with Crippen molar-refractivity contribution < 1.29 is 4.79 Å². The number of hydrogen-bond donors (Lipinski definition) is 1. The molecule has 30 heavy (non-hydrogen) atoms. The third-order valence-corrected chi connectivity index (χ3v) is 6.13. The number of thioether (sulfide) groups is 1. The van der Waals surface area contributed by atoms with Crippen LogP contribution in [0.2, 0.25) is 0 Å². The lowest BCUT2D eigenvalue weighted by molar-refractivity contribution is 0.102. The van der Waals surface area contributed by atoms with Crippen LogP contribution in [0.15, 0.2) is 58.2 Å². The van der Waals surface area contributed by atoms with Crippen LogP contribution < -0.4 is 5.32 Å². The van der Waals surface area contributed by atoms with E-state index in [9.17, 15) is 4.79 Å². The number of anilines is 1. The number of carbonyl (C=O) groups is 1. The molecule has 8 heteroatoms. The monoisotopic (exact) mass is 481 g/mol. The second kappa shape index (κ2) is 8.57. The first kappa shape index (κ1) is 20.6. The highest BCUT2D eigenvalue weighted by Crippen LogP contribution is 2.26. The molecule has 0 saturated heterocycles. The lowest BCUT2D eigenvalue weighted by Gasteiger charge is -2.11. The number of rotatable bonds is 5. The topological polar surface area (TPSA) is 72.2 Å². The fraction of sp³-hybridized carbons (Fsp3) is 0.182. The van der Waals surface area contributed by atoms with Crippen molar-refractivity contribution in [2.75, 3.05) is 5.32 Å². The SMILES string of the molecule is Cc1ccc(NC(=O)c2ccccc2CSc2nc3nc(C)cc(C)n3n2)c(Br)c1. The average Bonchev–Trinajstić information content (AvgIpc) is 3.12. The number of aromatic nitrogens is 4. The predicted molar refractivity (Wildman–Crippen MR) is 123 cm³/mol. The van der Waals surface area contributed by atoms with Crippen LogP contribution in [-0.4, -0.2) is 25.5 Å². The second-order valence-electron chi connectivity index (χ2n) is 7.03. The van der Waals surface area contributed by atoms with E-state index in [1.807, 2.05) is 69.3 Å². The third kappa shape index (κ3) is 4.39. The summed E-state index contributed by atoms with van der Waals surface area (Å²) in [5.74, 6) is 1.02. The van der Waals surface area contributed by atoms with Crippen molar-refractivity contribution in [1.29, 1.82) is 0 Å². The molecule has 0 unspecified atom stereocenters. The normalized spacial score (nSPS) is 11.1. The standard InChI is InChI=1S/C22H20BrN5OS/c1-13-8-9-19(18(23)10-13)25-20(29)17-7-5-4-6-16(17)12-30-22-26-21-24-14(2)11-15(3)28(21)27-22/h4-11H,12H2,1-3H3,(H,25,29). The highest BCUT2D eigenvalue weighted by atomic mass is 79.9. The number of hydrogen-bond acceptors (Lipinski definition) is 5. The van der Waals surface area contributed by atoms with E-state index in [0.29, 0.717) is 22.3 Å². The number of aryl methyl sites for hydroxylation is 3. The summed E-state index contributed by atoms with van der Waals surface area (Å²) in [6.07, 6.45) is 0. The molecule has 0 bridgehead atoms. The van der Waals surface area contributed by atoms with Crippen LogP contribution in [0.5, 0.6) is 0 Å². The van der Waals surface area contributed by atoms with Crippen LogP contribution >= 0.6 is 27.7 Å². The van der Waals surface area contributed by atoms with Gasteiger partial charge in [0.05, 0.1) is 5.69 Å². The minimum atomic E-state index is -0.146. The lowest BCUT2D eigenvalue weighted by atomic mass is 10.1. The number of nitrogens with zero attached hydrogens (tertiary/aromatic N) is 4. The van der Waals surface area contributed by atoms with E-state index in [0.717, 1.165) is 32.7 Å². The fourth-order valence-electron chi connectivity index (χ4n) is 3.13. The predicted octanol–water partition coefficient (Wildman–Crippen LogP) is 5.36. The van der Waals surface area contributed by atoms with Crippen LogP contribution in [0.3, 0.4) is 0 Å². The van der Waals surface area contributed by atoms with Gasteiger partial charge in [-0.15, -0.1) is 5.10 Å². The fourth-order valence-corrected chi connectivity index (χ4v) is 4.54. The van der Waals surface area contributed by atoms with Gasteiger partial charge in [-0.25, -0.2) is 9.50 Å². The Kier molecular flexibility index (Phi) is 5.87. The van der Waals surface area contributed by atoms with Crippen LogP contribution in [0.25, 0.3) is 5.78 Å². The lowest BCUT2D eigenvalue weighted by Crippen LogP contribution is -2.14. The molecule has 2 aromatic heterocycles. The van der Waals surface area contributed by atoms with E-state index in [1.165, 1.54) is 11.8 Å². The highest BCUT2D eigenvalue weighted by Gasteiger charge is 2.14. The maximum absolute atomic E-state index is 12.9. The van der Waals surface area contributed by atoms with Crippen LogP contribution in [0.4, 0.5) is 5.69 Å². The molecule has 0 fully saturated rings. The van der Waals surface area contributed by atoms with Crippen molar-refractivity contribution in [3.05, 3.63) is 81.1 Å². The molecule has 6 nitrogen and oxygen atoms in total. The molecular weight excluding hydrogens is 462 g/mol. The maximum atomic E-state index is 12.9. The third-order valence-electron chi connectivity index (χ3n) is 4.59. The van der Waals surface area contributed by atoms with Gasteiger partial charge < -0.3 is 5.32 Å². The van der Waals surface area contributed by atoms with Gasteiger partial charge in [0.15, 0.2) is 0 Å².